The van der Waals surface area contributed by atoms with Gasteiger partial charge >= 0.3 is 0 Å². The van der Waals surface area contributed by atoms with Gasteiger partial charge in [0.25, 0.3) is 5.91 Å². The molecule has 0 N–H and O–H groups in total. The fourth-order valence-corrected chi connectivity index (χ4v) is 3.12. The van der Waals surface area contributed by atoms with Gasteiger partial charge < -0.3 is 19.1 Å². The van der Waals surface area contributed by atoms with Crippen LogP contribution >= 0.6 is 0 Å². The Hall–Kier alpha value is -2.53. The SMILES string of the molecule is O=C(c1ccc2c(c1)OCCO2)N(c1ccccc1)[C@@H]1CCOC1. The van der Waals surface area contributed by atoms with Crippen LogP contribution in [0.1, 0.15) is 16.8 Å². The van der Waals surface area contributed by atoms with E-state index in [1.165, 1.54) is 0 Å². The zero-order valence-electron chi connectivity index (χ0n) is 13.3. The van der Waals surface area contributed by atoms with Crippen LogP contribution in [-0.4, -0.2) is 38.4 Å². The summed E-state index contributed by atoms with van der Waals surface area (Å²) in [4.78, 5) is 15.0. The lowest BCUT2D eigenvalue weighted by atomic mass is 10.1. The third kappa shape index (κ3) is 2.83. The second-order valence-corrected chi connectivity index (χ2v) is 5.89. The van der Waals surface area contributed by atoms with E-state index in [1.807, 2.05) is 35.2 Å². The summed E-state index contributed by atoms with van der Waals surface area (Å²) in [5, 5.41) is 0. The standard InChI is InChI=1S/C19H19NO4/c21-19(14-6-7-17-18(12-14)24-11-10-23-17)20(16-8-9-22-13-16)15-4-2-1-3-5-15/h1-7,12,16H,8-11,13H2/t16-/m1/s1. The van der Waals surface area contributed by atoms with Gasteiger partial charge in [-0.15, -0.1) is 0 Å². The number of carbonyl (C=O) groups is 1. The normalized spacial score (nSPS) is 19.1. The third-order valence-electron chi connectivity index (χ3n) is 4.31. The summed E-state index contributed by atoms with van der Waals surface area (Å²) in [6.07, 6.45) is 0.838. The number of fused-ring (bicyclic) bond motifs is 1. The van der Waals surface area contributed by atoms with Gasteiger partial charge in [0, 0.05) is 17.9 Å². The fourth-order valence-electron chi connectivity index (χ4n) is 3.12. The molecular formula is C19H19NO4. The van der Waals surface area contributed by atoms with E-state index in [4.69, 9.17) is 14.2 Å². The van der Waals surface area contributed by atoms with E-state index in [-0.39, 0.29) is 11.9 Å². The van der Waals surface area contributed by atoms with Gasteiger partial charge in [0.2, 0.25) is 0 Å². The maximum atomic E-state index is 13.2. The zero-order valence-corrected chi connectivity index (χ0v) is 13.3. The van der Waals surface area contributed by atoms with Gasteiger partial charge in [-0.3, -0.25) is 4.79 Å². The molecule has 0 unspecified atom stereocenters. The van der Waals surface area contributed by atoms with E-state index in [1.54, 1.807) is 18.2 Å². The van der Waals surface area contributed by atoms with Crippen LogP contribution in [0, 0.1) is 0 Å². The van der Waals surface area contributed by atoms with Crippen LogP contribution in [-0.2, 0) is 4.74 Å². The molecule has 0 radical (unpaired) electrons. The van der Waals surface area contributed by atoms with Gasteiger partial charge in [0.05, 0.1) is 12.6 Å². The minimum Gasteiger partial charge on any atom is -0.486 e. The number of rotatable bonds is 3. The van der Waals surface area contributed by atoms with Crippen molar-refractivity contribution in [2.24, 2.45) is 0 Å². The molecule has 0 aliphatic carbocycles. The molecule has 124 valence electrons. The summed E-state index contributed by atoms with van der Waals surface area (Å²) in [5.74, 6) is 1.27. The Kier molecular flexibility index (Phi) is 4.09. The predicted molar refractivity (Wildman–Crippen MR) is 89.9 cm³/mol. The monoisotopic (exact) mass is 325 g/mol. The molecule has 0 saturated carbocycles. The smallest absolute Gasteiger partial charge is 0.258 e. The lowest BCUT2D eigenvalue weighted by Crippen LogP contribution is -2.41. The molecule has 5 heteroatoms. The molecule has 1 saturated heterocycles. The second kappa shape index (κ2) is 6.53. The van der Waals surface area contributed by atoms with Gasteiger partial charge in [-0.05, 0) is 36.8 Å². The van der Waals surface area contributed by atoms with Gasteiger partial charge in [-0.25, -0.2) is 0 Å². The van der Waals surface area contributed by atoms with E-state index in [9.17, 15) is 4.79 Å². The van der Waals surface area contributed by atoms with E-state index < -0.39 is 0 Å². The van der Waals surface area contributed by atoms with Crippen molar-refractivity contribution in [3.8, 4) is 11.5 Å². The maximum absolute atomic E-state index is 13.2. The van der Waals surface area contributed by atoms with Crippen molar-refractivity contribution >= 4 is 11.6 Å². The first kappa shape index (κ1) is 15.0. The van der Waals surface area contributed by atoms with Crippen molar-refractivity contribution < 1.29 is 19.0 Å². The summed E-state index contributed by atoms with van der Waals surface area (Å²) in [5.41, 5.74) is 1.47. The van der Waals surface area contributed by atoms with Crippen LogP contribution in [0.3, 0.4) is 0 Å². The van der Waals surface area contributed by atoms with Crippen LogP contribution in [0.15, 0.2) is 48.5 Å². The topological polar surface area (TPSA) is 48.0 Å². The molecule has 2 heterocycles. The molecule has 2 aliphatic heterocycles. The first-order valence-corrected chi connectivity index (χ1v) is 8.19. The highest BCUT2D eigenvalue weighted by Crippen LogP contribution is 2.32. The zero-order chi connectivity index (χ0) is 16.4. The number of hydrogen-bond acceptors (Lipinski definition) is 4. The lowest BCUT2D eigenvalue weighted by molar-refractivity contribution is 0.0970. The van der Waals surface area contributed by atoms with Crippen LogP contribution in [0.5, 0.6) is 11.5 Å². The minimum atomic E-state index is -0.0475. The van der Waals surface area contributed by atoms with E-state index in [0.717, 1.165) is 12.1 Å². The lowest BCUT2D eigenvalue weighted by Gasteiger charge is -2.29. The number of carbonyl (C=O) groups excluding carboxylic acids is 1. The van der Waals surface area contributed by atoms with Crippen molar-refractivity contribution in [1.82, 2.24) is 0 Å². The summed E-state index contributed by atoms with van der Waals surface area (Å²) in [7, 11) is 0. The van der Waals surface area contributed by atoms with Crippen molar-refractivity contribution in [2.75, 3.05) is 31.3 Å². The summed E-state index contributed by atoms with van der Waals surface area (Å²) >= 11 is 0. The minimum absolute atomic E-state index is 0.0475. The van der Waals surface area contributed by atoms with E-state index in [0.29, 0.717) is 43.5 Å². The number of ether oxygens (including phenoxy) is 3. The van der Waals surface area contributed by atoms with Gasteiger partial charge in [0.1, 0.15) is 13.2 Å². The Morgan fingerprint density at radius 1 is 0.958 bits per heavy atom. The Morgan fingerprint density at radius 3 is 2.50 bits per heavy atom. The van der Waals surface area contributed by atoms with Crippen LogP contribution in [0.2, 0.25) is 0 Å². The molecular weight excluding hydrogens is 306 g/mol. The number of nitrogens with zero attached hydrogens (tertiary/aromatic N) is 1. The maximum Gasteiger partial charge on any atom is 0.258 e. The number of para-hydroxylation sites is 1. The molecule has 0 bridgehead atoms. The van der Waals surface area contributed by atoms with Crippen molar-refractivity contribution in [3.05, 3.63) is 54.1 Å². The van der Waals surface area contributed by atoms with Crippen LogP contribution in [0.25, 0.3) is 0 Å². The third-order valence-corrected chi connectivity index (χ3v) is 4.31. The number of hydrogen-bond donors (Lipinski definition) is 0. The number of anilines is 1. The first-order valence-electron chi connectivity index (χ1n) is 8.19. The molecule has 1 amide bonds. The van der Waals surface area contributed by atoms with E-state index in [2.05, 4.69) is 0 Å². The average molecular weight is 325 g/mol. The molecule has 4 rings (SSSR count). The average Bonchev–Trinajstić information content (AvgIpc) is 3.16. The van der Waals surface area contributed by atoms with Gasteiger partial charge in [-0.1, -0.05) is 18.2 Å². The summed E-state index contributed by atoms with van der Waals surface area (Å²) in [6, 6.07) is 15.1. The Morgan fingerprint density at radius 2 is 1.75 bits per heavy atom. The molecule has 24 heavy (non-hydrogen) atoms. The molecule has 1 fully saturated rings. The molecule has 0 aromatic heterocycles. The molecule has 1 atom stereocenters. The highest BCUT2D eigenvalue weighted by atomic mass is 16.6. The molecule has 2 aromatic rings. The summed E-state index contributed by atoms with van der Waals surface area (Å²) < 4.78 is 16.6. The van der Waals surface area contributed by atoms with Crippen LogP contribution < -0.4 is 14.4 Å². The van der Waals surface area contributed by atoms with Crippen molar-refractivity contribution in [1.29, 1.82) is 0 Å². The molecule has 2 aliphatic rings. The number of benzene rings is 2. The molecule has 5 nitrogen and oxygen atoms in total. The Bertz CT molecular complexity index is 725. The van der Waals surface area contributed by atoms with Crippen molar-refractivity contribution in [2.45, 2.75) is 12.5 Å². The predicted octanol–water partition coefficient (Wildman–Crippen LogP) is 2.89. The quantitative estimate of drug-likeness (QED) is 0.871. The second-order valence-electron chi connectivity index (χ2n) is 5.89. The Labute approximate surface area is 140 Å². The highest BCUT2D eigenvalue weighted by molar-refractivity contribution is 6.07. The van der Waals surface area contributed by atoms with Gasteiger partial charge in [-0.2, -0.15) is 0 Å². The van der Waals surface area contributed by atoms with E-state index >= 15 is 0 Å². The molecule has 0 spiro atoms. The number of amides is 1. The molecule has 2 aromatic carbocycles. The highest BCUT2D eigenvalue weighted by Gasteiger charge is 2.30. The largest absolute Gasteiger partial charge is 0.486 e. The van der Waals surface area contributed by atoms with Crippen LogP contribution in [0.4, 0.5) is 5.69 Å². The summed E-state index contributed by atoms with van der Waals surface area (Å²) in [6.45, 7) is 2.28. The van der Waals surface area contributed by atoms with Gasteiger partial charge in [0.15, 0.2) is 11.5 Å². The Balaban J connectivity index is 1.68. The van der Waals surface area contributed by atoms with Crippen molar-refractivity contribution in [3.63, 3.8) is 0 Å². The fraction of sp³-hybridized carbons (Fsp3) is 0.316. The first-order chi connectivity index (χ1) is 11.8.